The largest absolute Gasteiger partial charge is 0.494 e. The zero-order valence-electron chi connectivity index (χ0n) is 12.2. The fourth-order valence-corrected chi connectivity index (χ4v) is 1.94. The zero-order valence-corrected chi connectivity index (χ0v) is 12.2. The molecule has 0 atom stereocenters. The van der Waals surface area contributed by atoms with Crippen LogP contribution in [0.15, 0.2) is 48.5 Å². The minimum atomic E-state index is 0.466. The highest BCUT2D eigenvalue weighted by molar-refractivity contribution is 5.33. The summed E-state index contributed by atoms with van der Waals surface area (Å²) in [4.78, 5) is 0. The third kappa shape index (κ3) is 4.68. The van der Waals surface area contributed by atoms with Crippen molar-refractivity contribution in [2.75, 3.05) is 19.8 Å². The molecule has 0 heterocycles. The summed E-state index contributed by atoms with van der Waals surface area (Å²) in [6, 6.07) is 15.3. The molecular formula is C17H21NO3. The third-order valence-electron chi connectivity index (χ3n) is 2.92. The van der Waals surface area contributed by atoms with Gasteiger partial charge in [-0.3, -0.25) is 0 Å². The molecule has 0 saturated carbocycles. The molecule has 4 heteroatoms. The van der Waals surface area contributed by atoms with Crippen molar-refractivity contribution < 1.29 is 14.2 Å². The fraction of sp³-hybridized carbons (Fsp3) is 0.294. The van der Waals surface area contributed by atoms with E-state index < -0.39 is 0 Å². The molecule has 0 bridgehead atoms. The minimum Gasteiger partial charge on any atom is -0.494 e. The van der Waals surface area contributed by atoms with Gasteiger partial charge in [-0.05, 0) is 25.1 Å². The highest BCUT2D eigenvalue weighted by atomic mass is 16.5. The van der Waals surface area contributed by atoms with Gasteiger partial charge in [0.15, 0.2) is 0 Å². The highest BCUT2D eigenvalue weighted by Gasteiger charge is 2.01. The molecule has 2 aromatic rings. The summed E-state index contributed by atoms with van der Waals surface area (Å²) in [6.45, 7) is 4.00. The average molecular weight is 287 g/mol. The number of hydrogen-bond acceptors (Lipinski definition) is 4. The summed E-state index contributed by atoms with van der Waals surface area (Å²) < 4.78 is 16.8. The molecule has 0 radical (unpaired) electrons. The van der Waals surface area contributed by atoms with Crippen LogP contribution in [0.1, 0.15) is 12.5 Å². The maximum atomic E-state index is 5.69. The Morgan fingerprint density at radius 3 is 2.33 bits per heavy atom. The monoisotopic (exact) mass is 287 g/mol. The fourth-order valence-electron chi connectivity index (χ4n) is 1.94. The molecule has 4 nitrogen and oxygen atoms in total. The van der Waals surface area contributed by atoms with Crippen LogP contribution in [0, 0.1) is 0 Å². The first-order valence-electron chi connectivity index (χ1n) is 7.10. The minimum absolute atomic E-state index is 0.466. The van der Waals surface area contributed by atoms with Crippen molar-refractivity contribution in [1.82, 2.24) is 0 Å². The van der Waals surface area contributed by atoms with Crippen LogP contribution in [-0.4, -0.2) is 19.8 Å². The molecule has 0 unspecified atom stereocenters. The van der Waals surface area contributed by atoms with E-state index in [-0.39, 0.29) is 0 Å². The molecule has 0 saturated heterocycles. The van der Waals surface area contributed by atoms with E-state index in [1.165, 1.54) is 0 Å². The number of nitrogens with two attached hydrogens (primary N) is 1. The molecule has 0 aliphatic heterocycles. The van der Waals surface area contributed by atoms with Crippen LogP contribution in [0.4, 0.5) is 0 Å². The van der Waals surface area contributed by atoms with Gasteiger partial charge in [0.05, 0.1) is 6.61 Å². The maximum absolute atomic E-state index is 5.69. The van der Waals surface area contributed by atoms with E-state index in [0.717, 1.165) is 22.8 Å². The number of rotatable bonds is 8. The van der Waals surface area contributed by atoms with Crippen molar-refractivity contribution in [3.05, 3.63) is 54.1 Å². The number of para-hydroxylation sites is 1. The highest BCUT2D eigenvalue weighted by Crippen LogP contribution is 2.20. The van der Waals surface area contributed by atoms with E-state index in [9.17, 15) is 0 Å². The second-order valence-corrected chi connectivity index (χ2v) is 4.42. The Kier molecular flexibility index (Phi) is 5.91. The molecule has 2 rings (SSSR count). The SMILES string of the molecule is CCOc1cccc(OCCOc2ccccc2CN)c1. The van der Waals surface area contributed by atoms with E-state index in [4.69, 9.17) is 19.9 Å². The molecule has 0 aliphatic carbocycles. The topological polar surface area (TPSA) is 53.7 Å². The predicted molar refractivity (Wildman–Crippen MR) is 82.9 cm³/mol. The molecule has 0 fully saturated rings. The lowest BCUT2D eigenvalue weighted by Gasteiger charge is -2.11. The Balaban J connectivity index is 1.80. The van der Waals surface area contributed by atoms with Crippen LogP contribution in [0.3, 0.4) is 0 Å². The van der Waals surface area contributed by atoms with Gasteiger partial charge < -0.3 is 19.9 Å². The molecule has 2 aromatic carbocycles. The van der Waals surface area contributed by atoms with Gasteiger partial charge in [-0.25, -0.2) is 0 Å². The van der Waals surface area contributed by atoms with Crippen molar-refractivity contribution in [3.63, 3.8) is 0 Å². The number of ether oxygens (including phenoxy) is 3. The van der Waals surface area contributed by atoms with E-state index >= 15 is 0 Å². The summed E-state index contributed by atoms with van der Waals surface area (Å²) in [7, 11) is 0. The van der Waals surface area contributed by atoms with Gasteiger partial charge in [0.25, 0.3) is 0 Å². The van der Waals surface area contributed by atoms with Gasteiger partial charge in [-0.1, -0.05) is 24.3 Å². The second-order valence-electron chi connectivity index (χ2n) is 4.42. The first-order chi connectivity index (χ1) is 10.3. The quantitative estimate of drug-likeness (QED) is 0.758. The lowest BCUT2D eigenvalue weighted by molar-refractivity contribution is 0.215. The summed E-state index contributed by atoms with van der Waals surface area (Å²) in [5.74, 6) is 2.40. The lowest BCUT2D eigenvalue weighted by atomic mass is 10.2. The van der Waals surface area contributed by atoms with Crippen LogP contribution in [0.25, 0.3) is 0 Å². The Morgan fingerprint density at radius 2 is 1.57 bits per heavy atom. The van der Waals surface area contributed by atoms with Crippen LogP contribution < -0.4 is 19.9 Å². The van der Waals surface area contributed by atoms with Crippen LogP contribution in [0.2, 0.25) is 0 Å². The Labute approximate surface area is 125 Å². The third-order valence-corrected chi connectivity index (χ3v) is 2.92. The smallest absolute Gasteiger partial charge is 0.123 e. The summed E-state index contributed by atoms with van der Waals surface area (Å²) in [5, 5.41) is 0. The Morgan fingerprint density at radius 1 is 0.857 bits per heavy atom. The molecular weight excluding hydrogens is 266 g/mol. The van der Waals surface area contributed by atoms with Crippen molar-refractivity contribution in [2.24, 2.45) is 5.73 Å². The first kappa shape index (κ1) is 15.2. The van der Waals surface area contributed by atoms with Crippen molar-refractivity contribution in [1.29, 1.82) is 0 Å². The molecule has 0 aliphatic rings. The first-order valence-corrected chi connectivity index (χ1v) is 7.10. The van der Waals surface area contributed by atoms with Gasteiger partial charge in [-0.2, -0.15) is 0 Å². The lowest BCUT2D eigenvalue weighted by Crippen LogP contribution is -2.10. The molecule has 21 heavy (non-hydrogen) atoms. The summed E-state index contributed by atoms with van der Waals surface area (Å²) >= 11 is 0. The van der Waals surface area contributed by atoms with Gasteiger partial charge in [0, 0.05) is 18.2 Å². The van der Waals surface area contributed by atoms with Crippen molar-refractivity contribution in [3.8, 4) is 17.2 Å². The molecule has 0 spiro atoms. The van der Waals surface area contributed by atoms with Crippen LogP contribution in [0.5, 0.6) is 17.2 Å². The molecule has 0 aromatic heterocycles. The zero-order chi connectivity index (χ0) is 14.9. The molecule has 2 N–H and O–H groups in total. The van der Waals surface area contributed by atoms with Crippen LogP contribution >= 0.6 is 0 Å². The second kappa shape index (κ2) is 8.17. The maximum Gasteiger partial charge on any atom is 0.123 e. The van der Waals surface area contributed by atoms with E-state index in [2.05, 4.69) is 0 Å². The summed E-state index contributed by atoms with van der Waals surface area (Å²) in [6.07, 6.45) is 0. The predicted octanol–water partition coefficient (Wildman–Crippen LogP) is 3.00. The van der Waals surface area contributed by atoms with Gasteiger partial charge in [0.1, 0.15) is 30.5 Å². The molecule has 0 amide bonds. The standard InChI is InChI=1S/C17H21NO3/c1-2-19-15-7-5-8-16(12-15)20-10-11-21-17-9-4-3-6-14(17)13-18/h3-9,12H,2,10-11,13,18H2,1H3. The van der Waals surface area contributed by atoms with E-state index in [0.29, 0.717) is 26.4 Å². The van der Waals surface area contributed by atoms with Gasteiger partial charge in [-0.15, -0.1) is 0 Å². The number of benzene rings is 2. The molecule has 112 valence electrons. The van der Waals surface area contributed by atoms with Gasteiger partial charge >= 0.3 is 0 Å². The van der Waals surface area contributed by atoms with Crippen molar-refractivity contribution >= 4 is 0 Å². The Hall–Kier alpha value is -2.20. The van der Waals surface area contributed by atoms with E-state index in [1.807, 2.05) is 55.5 Å². The Bertz CT molecular complexity index is 557. The normalized spacial score (nSPS) is 10.2. The van der Waals surface area contributed by atoms with Crippen LogP contribution in [-0.2, 0) is 6.54 Å². The number of hydrogen-bond donors (Lipinski definition) is 1. The summed E-state index contributed by atoms with van der Waals surface area (Å²) in [5.41, 5.74) is 6.66. The van der Waals surface area contributed by atoms with Crippen molar-refractivity contribution in [2.45, 2.75) is 13.5 Å². The average Bonchev–Trinajstić information content (AvgIpc) is 2.53. The van der Waals surface area contributed by atoms with Gasteiger partial charge in [0.2, 0.25) is 0 Å². The van der Waals surface area contributed by atoms with E-state index in [1.54, 1.807) is 0 Å².